The van der Waals surface area contributed by atoms with E-state index in [2.05, 4.69) is 15.2 Å². The van der Waals surface area contributed by atoms with Crippen molar-refractivity contribution in [1.82, 2.24) is 14.8 Å². The van der Waals surface area contributed by atoms with E-state index >= 15 is 0 Å². The van der Waals surface area contributed by atoms with Gasteiger partial charge in [-0.2, -0.15) is 0 Å². The number of thiazole rings is 1. The van der Waals surface area contributed by atoms with Crippen molar-refractivity contribution >= 4 is 50.5 Å². The first-order valence-electron chi connectivity index (χ1n) is 13.4. The van der Waals surface area contributed by atoms with E-state index in [1.165, 1.54) is 6.07 Å². The van der Waals surface area contributed by atoms with E-state index in [9.17, 15) is 14.0 Å². The van der Waals surface area contributed by atoms with Crippen molar-refractivity contribution in [1.29, 1.82) is 0 Å². The van der Waals surface area contributed by atoms with Crippen LogP contribution in [0, 0.1) is 5.82 Å². The molecule has 0 bridgehead atoms. The lowest BCUT2D eigenvalue weighted by molar-refractivity contribution is -0.00155. The zero-order valence-electron chi connectivity index (χ0n) is 24.0. The number of amides is 2. The molecule has 9 nitrogen and oxygen atoms in total. The van der Waals surface area contributed by atoms with Crippen LogP contribution < -0.4 is 10.1 Å². The Morgan fingerprint density at radius 2 is 1.83 bits per heavy atom. The van der Waals surface area contributed by atoms with Crippen LogP contribution in [0.5, 0.6) is 5.75 Å². The van der Waals surface area contributed by atoms with Crippen LogP contribution in [0.1, 0.15) is 47.1 Å². The highest BCUT2D eigenvalue weighted by Gasteiger charge is 2.35. The Hall–Kier alpha value is -3.15. The number of anilines is 1. The maximum absolute atomic E-state index is 14.8. The largest absolute Gasteiger partial charge is 0.492 e. The van der Waals surface area contributed by atoms with Crippen LogP contribution in [0.2, 0.25) is 5.02 Å². The van der Waals surface area contributed by atoms with Crippen LogP contribution >= 0.6 is 22.9 Å². The Bertz CT molecular complexity index is 1500. The summed E-state index contributed by atoms with van der Waals surface area (Å²) >= 11 is 7.83. The predicted molar refractivity (Wildman–Crippen MR) is 157 cm³/mol. The molecule has 0 aliphatic carbocycles. The van der Waals surface area contributed by atoms with Gasteiger partial charge in [-0.1, -0.05) is 22.9 Å². The number of aromatic nitrogens is 1. The molecule has 3 heterocycles. The molecule has 2 aliphatic heterocycles. The summed E-state index contributed by atoms with van der Waals surface area (Å²) in [5.74, 6) is 0.217. The monoisotopic (exact) mass is 604 g/mol. The van der Waals surface area contributed by atoms with Gasteiger partial charge in [0.25, 0.3) is 0 Å². The molecule has 1 atom stereocenters. The molecule has 3 aromatic rings. The summed E-state index contributed by atoms with van der Waals surface area (Å²) < 4.78 is 32.2. The average molecular weight is 605 g/mol. The molecule has 41 heavy (non-hydrogen) atoms. The molecule has 1 fully saturated rings. The second kappa shape index (κ2) is 10.9. The quantitative estimate of drug-likeness (QED) is 0.339. The number of fused-ring (bicyclic) bond motifs is 3. The van der Waals surface area contributed by atoms with E-state index in [4.69, 9.17) is 25.8 Å². The smallest absolute Gasteiger partial charge is 0.413 e. The molecular weight excluding hydrogens is 571 g/mol. The first-order valence-corrected chi connectivity index (χ1v) is 14.6. The van der Waals surface area contributed by atoms with E-state index in [1.54, 1.807) is 31.7 Å². The Kier molecular flexibility index (Phi) is 7.82. The maximum atomic E-state index is 14.8. The maximum Gasteiger partial charge on any atom is 0.413 e. The van der Waals surface area contributed by atoms with Crippen LogP contribution in [0.15, 0.2) is 24.3 Å². The Morgan fingerprint density at radius 1 is 1.10 bits per heavy atom. The second-order valence-electron chi connectivity index (χ2n) is 12.2. The van der Waals surface area contributed by atoms with E-state index in [0.717, 1.165) is 16.9 Å². The standard InChI is InChI=1S/C29H34ClFN4O5S/c1-28(2,3)39-26(36)33-25-32-23-18(7-8-21(31)24(23)41-25)19-12-22-16(11-20(19)30)13-34-9-10-35(14-17(34)15-38-22)27(37)40-29(4,5)6/h7-8,11-12,17H,9-10,13-15H2,1-6H3,(H,32,33,36)/t17-/m0/s1. The molecular formula is C29H34ClFN4O5S. The Balaban J connectivity index is 1.40. The number of hydrogen-bond acceptors (Lipinski definition) is 8. The third kappa shape index (κ3) is 6.68. The molecule has 5 rings (SSSR count). The number of ether oxygens (including phenoxy) is 3. The van der Waals surface area contributed by atoms with E-state index in [0.29, 0.717) is 64.9 Å². The summed E-state index contributed by atoms with van der Waals surface area (Å²) in [6.45, 7) is 13.6. The van der Waals surface area contributed by atoms with Crippen LogP contribution in [0.3, 0.4) is 0 Å². The van der Waals surface area contributed by atoms with Gasteiger partial charge in [-0.05, 0) is 65.8 Å². The molecule has 220 valence electrons. The minimum Gasteiger partial charge on any atom is -0.492 e. The molecule has 0 radical (unpaired) electrons. The third-order valence-corrected chi connectivity index (χ3v) is 7.90. The fraction of sp³-hybridized carbons (Fsp3) is 0.483. The van der Waals surface area contributed by atoms with Crippen LogP contribution in [0.4, 0.5) is 19.1 Å². The van der Waals surface area contributed by atoms with Gasteiger partial charge in [0.15, 0.2) is 5.13 Å². The lowest BCUT2D eigenvalue weighted by Crippen LogP contribution is -2.56. The SMILES string of the molecule is CC(C)(C)OC(=O)Nc1nc2c(-c3cc4c(cc3Cl)CN3CCN(C(=O)OC(C)(C)C)C[C@H]3CO4)ccc(F)c2s1. The fourth-order valence-electron chi connectivity index (χ4n) is 4.85. The lowest BCUT2D eigenvalue weighted by Gasteiger charge is -2.40. The number of nitrogens with one attached hydrogen (secondary N) is 1. The average Bonchev–Trinajstić information content (AvgIpc) is 3.18. The molecule has 0 unspecified atom stereocenters. The number of carbonyl (C=O) groups excluding carboxylic acids is 2. The predicted octanol–water partition coefficient (Wildman–Crippen LogP) is 6.92. The number of benzene rings is 2. The second-order valence-corrected chi connectivity index (χ2v) is 13.6. The first kappa shape index (κ1) is 29.3. The Morgan fingerprint density at radius 3 is 2.54 bits per heavy atom. The third-order valence-electron chi connectivity index (χ3n) is 6.60. The number of hydrogen-bond donors (Lipinski definition) is 1. The molecule has 12 heteroatoms. The number of carbonyl (C=O) groups is 2. The van der Waals surface area contributed by atoms with Gasteiger partial charge in [0.1, 0.15) is 29.4 Å². The number of nitrogens with zero attached hydrogens (tertiary/aromatic N) is 3. The number of rotatable bonds is 2. The molecule has 1 saturated heterocycles. The van der Waals surface area contributed by atoms with Gasteiger partial charge in [-0.15, -0.1) is 0 Å². The van der Waals surface area contributed by atoms with Crippen molar-refractivity contribution in [2.45, 2.75) is 65.3 Å². The topological polar surface area (TPSA) is 93.2 Å². The number of piperazine rings is 1. The highest BCUT2D eigenvalue weighted by Crippen LogP contribution is 2.42. The van der Waals surface area contributed by atoms with E-state index in [1.807, 2.05) is 32.9 Å². The normalized spacial score (nSPS) is 17.8. The molecule has 1 aromatic heterocycles. The summed E-state index contributed by atoms with van der Waals surface area (Å²) in [6, 6.07) is 6.70. The van der Waals surface area contributed by atoms with Crippen molar-refractivity contribution in [3.63, 3.8) is 0 Å². The highest BCUT2D eigenvalue weighted by molar-refractivity contribution is 7.22. The minimum absolute atomic E-state index is 0.0107. The summed E-state index contributed by atoms with van der Waals surface area (Å²) in [5, 5.41) is 3.29. The number of halogens is 2. The van der Waals surface area contributed by atoms with Gasteiger partial charge < -0.3 is 19.1 Å². The molecule has 2 amide bonds. The molecule has 2 aliphatic rings. The van der Waals surface area contributed by atoms with Crippen molar-refractivity contribution < 1.29 is 28.2 Å². The van der Waals surface area contributed by atoms with Crippen molar-refractivity contribution in [2.75, 3.05) is 31.6 Å². The molecule has 0 spiro atoms. The summed E-state index contributed by atoms with van der Waals surface area (Å²) in [6.07, 6.45) is -0.995. The minimum atomic E-state index is -0.686. The zero-order valence-corrected chi connectivity index (χ0v) is 25.5. The van der Waals surface area contributed by atoms with Crippen LogP contribution in [0.25, 0.3) is 21.3 Å². The fourth-order valence-corrected chi connectivity index (χ4v) is 6.02. The first-order chi connectivity index (χ1) is 19.2. The summed E-state index contributed by atoms with van der Waals surface area (Å²) in [5.41, 5.74) is 1.31. The van der Waals surface area contributed by atoms with Gasteiger partial charge in [0, 0.05) is 47.9 Å². The van der Waals surface area contributed by atoms with Crippen molar-refractivity contribution in [2.24, 2.45) is 0 Å². The van der Waals surface area contributed by atoms with E-state index < -0.39 is 23.1 Å². The van der Waals surface area contributed by atoms with Gasteiger partial charge >= 0.3 is 12.2 Å². The lowest BCUT2D eigenvalue weighted by atomic mass is 10.0. The Labute approximate surface area is 247 Å². The van der Waals surface area contributed by atoms with Crippen LogP contribution in [-0.2, 0) is 16.0 Å². The van der Waals surface area contributed by atoms with Gasteiger partial charge in [0.2, 0.25) is 0 Å². The van der Waals surface area contributed by atoms with Crippen molar-refractivity contribution in [3.05, 3.63) is 40.7 Å². The van der Waals surface area contributed by atoms with Crippen LogP contribution in [-0.4, -0.2) is 70.5 Å². The van der Waals surface area contributed by atoms with E-state index in [-0.39, 0.29) is 17.3 Å². The molecule has 0 saturated carbocycles. The van der Waals surface area contributed by atoms with Gasteiger partial charge in [-0.3, -0.25) is 10.2 Å². The van der Waals surface area contributed by atoms with Crippen molar-refractivity contribution in [3.8, 4) is 16.9 Å². The zero-order chi connectivity index (χ0) is 29.7. The van der Waals surface area contributed by atoms with Gasteiger partial charge in [-0.25, -0.2) is 19.0 Å². The highest BCUT2D eigenvalue weighted by atomic mass is 35.5. The molecule has 2 aromatic carbocycles. The molecule has 1 N–H and O–H groups in total. The summed E-state index contributed by atoms with van der Waals surface area (Å²) in [4.78, 5) is 33.5. The summed E-state index contributed by atoms with van der Waals surface area (Å²) in [7, 11) is 0. The van der Waals surface area contributed by atoms with Gasteiger partial charge in [0.05, 0.1) is 16.3 Å².